The number of nitrogens with one attached hydrogen (secondary N) is 1. The number of Topliss-reactive ketones (excluding diaryl/α,β-unsaturated/α-hetero) is 1. The molecule has 226 valence electrons. The molecule has 0 saturated heterocycles. The molecule has 10 nitrogen and oxygen atoms in total. The number of carbonyl (C=O) groups is 1. The summed E-state index contributed by atoms with van der Waals surface area (Å²) in [5.74, 6) is -0.739. The summed E-state index contributed by atoms with van der Waals surface area (Å²) in [5.41, 5.74) is 1.87. The van der Waals surface area contributed by atoms with Crippen LogP contribution < -0.4 is 20.6 Å². The molecule has 3 aromatic carbocycles. The second-order valence-corrected chi connectivity index (χ2v) is 15.4. The third-order valence-corrected chi connectivity index (χ3v) is 11.3. The van der Waals surface area contributed by atoms with Crippen molar-refractivity contribution in [3.8, 4) is 11.5 Å². The number of ketones is 1. The summed E-state index contributed by atoms with van der Waals surface area (Å²) in [6.45, 7) is 12.9. The fourth-order valence-electron chi connectivity index (χ4n) is 6.24. The molecule has 3 N–H and O–H groups in total. The molecule has 0 spiro atoms. The van der Waals surface area contributed by atoms with Crippen molar-refractivity contribution < 1.29 is 35.5 Å². The van der Waals surface area contributed by atoms with Crippen LogP contribution in [0.4, 0.5) is 5.69 Å². The number of rotatable bonds is 4. The van der Waals surface area contributed by atoms with Crippen LogP contribution in [0.3, 0.4) is 0 Å². The van der Waals surface area contributed by atoms with Crippen molar-refractivity contribution in [2.24, 2.45) is 4.99 Å². The smallest absolute Gasteiger partial charge is 0.300 e. The molecule has 0 fully saturated rings. The first-order chi connectivity index (χ1) is 19.8. The predicted molar refractivity (Wildman–Crippen MR) is 160 cm³/mol. The van der Waals surface area contributed by atoms with Gasteiger partial charge in [0, 0.05) is 38.8 Å². The number of nitrogens with zero attached hydrogens (tertiary/aromatic N) is 1. The summed E-state index contributed by atoms with van der Waals surface area (Å²) in [6, 6.07) is 9.62. The van der Waals surface area contributed by atoms with E-state index in [2.05, 4.69) is 10.3 Å². The van der Waals surface area contributed by atoms with Gasteiger partial charge in [-0.05, 0) is 49.6 Å². The summed E-state index contributed by atoms with van der Waals surface area (Å²) < 4.78 is 79.5. The van der Waals surface area contributed by atoms with Crippen molar-refractivity contribution in [2.75, 3.05) is 5.32 Å². The van der Waals surface area contributed by atoms with E-state index in [4.69, 9.17) is 4.74 Å². The van der Waals surface area contributed by atoms with Gasteiger partial charge in [0.2, 0.25) is 0 Å². The van der Waals surface area contributed by atoms with E-state index in [9.17, 15) is 30.7 Å². The number of carbonyl (C=O) groups excluding carboxylic acids is 1. The minimum absolute atomic E-state index is 0.0379. The Hall–Kier alpha value is -3.58. The molecule has 6 rings (SSSR count). The highest BCUT2D eigenvalue weighted by Gasteiger charge is 2.45. The molecule has 12 heteroatoms. The average molecular weight is 625 g/mol. The van der Waals surface area contributed by atoms with Gasteiger partial charge in [0.15, 0.2) is 27.1 Å². The van der Waals surface area contributed by atoms with Crippen molar-refractivity contribution in [3.63, 3.8) is 0 Å². The first-order valence-electron chi connectivity index (χ1n) is 13.8. The molecule has 0 amide bonds. The zero-order chi connectivity index (χ0) is 31.6. The second kappa shape index (κ2) is 8.98. The zero-order valence-electron chi connectivity index (χ0n) is 24.7. The van der Waals surface area contributed by atoms with Crippen LogP contribution in [0.1, 0.15) is 81.1 Å². The van der Waals surface area contributed by atoms with Gasteiger partial charge in [-0.2, -0.15) is 16.8 Å². The lowest BCUT2D eigenvalue weighted by atomic mass is 9.78. The maximum absolute atomic E-state index is 13.1. The number of hydrogen-bond acceptors (Lipinski definition) is 8. The third kappa shape index (κ3) is 4.18. The zero-order valence-corrected chi connectivity index (χ0v) is 26.4. The molecule has 3 aromatic rings. The standard InChI is InChI=1S/C31H32N2O8S2/c1-14(34)17-8-10-18(11-9-17)23-19-12-21-24(32-15(2)30(21,4)5)28(42(35,36)37)26(19)41-27-20(23)13-22-25(29(27)43(38,39)40)33-16(3)31(22,6)7/h8-13,15-16,32H,1-7H3,(H,35,36,37)(H,38,39,40). The average Bonchev–Trinajstić information content (AvgIpc) is 3.24. The molecule has 0 radical (unpaired) electrons. The molecule has 2 unspecified atom stereocenters. The molecule has 0 bridgehead atoms. The van der Waals surface area contributed by atoms with Crippen LogP contribution in [-0.2, 0) is 31.1 Å². The fraction of sp³-hybridized carbons (Fsp3) is 0.355. The third-order valence-electron chi connectivity index (χ3n) is 9.48. The topological polar surface area (TPSA) is 159 Å². The van der Waals surface area contributed by atoms with Crippen LogP contribution in [0.2, 0.25) is 0 Å². The Morgan fingerprint density at radius 1 is 0.884 bits per heavy atom. The van der Waals surface area contributed by atoms with E-state index in [0.29, 0.717) is 38.6 Å². The molecular weight excluding hydrogens is 592 g/mol. The lowest BCUT2D eigenvalue weighted by Crippen LogP contribution is -2.33. The highest BCUT2D eigenvalue weighted by atomic mass is 32.2. The van der Waals surface area contributed by atoms with Gasteiger partial charge in [0.1, 0.15) is 0 Å². The van der Waals surface area contributed by atoms with Crippen molar-refractivity contribution >= 4 is 37.3 Å². The number of fused-ring (bicyclic) bond motifs is 4. The quantitative estimate of drug-likeness (QED) is 0.224. The predicted octanol–water partition coefficient (Wildman–Crippen LogP) is 4.13. The first kappa shape index (κ1) is 29.5. The minimum Gasteiger partial charge on any atom is -0.453 e. The SMILES string of the molecule is CC(=O)c1ccc(C2=c3cc4c(c(S(=O)(=O)O)c3Oc3c2cc2c(c3S(=O)(=O)O)NC(C)C2(C)C)=NC(C)C4(C)C)cc1. The number of ether oxygens (including phenoxy) is 1. The summed E-state index contributed by atoms with van der Waals surface area (Å²) in [4.78, 5) is 15.5. The molecule has 43 heavy (non-hydrogen) atoms. The van der Waals surface area contributed by atoms with E-state index in [1.165, 1.54) is 6.92 Å². The van der Waals surface area contributed by atoms with Gasteiger partial charge >= 0.3 is 0 Å². The van der Waals surface area contributed by atoms with E-state index in [0.717, 1.165) is 0 Å². The van der Waals surface area contributed by atoms with Crippen LogP contribution in [-0.4, -0.2) is 43.8 Å². The van der Waals surface area contributed by atoms with Gasteiger partial charge in [-0.3, -0.25) is 18.9 Å². The lowest BCUT2D eigenvalue weighted by molar-refractivity contribution is 0.101. The Bertz CT molecular complexity index is 2130. The van der Waals surface area contributed by atoms with E-state index < -0.39 is 40.9 Å². The monoisotopic (exact) mass is 624 g/mol. The van der Waals surface area contributed by atoms with E-state index in [-0.39, 0.29) is 40.4 Å². The Kier molecular flexibility index (Phi) is 6.16. The number of anilines is 1. The number of benzene rings is 3. The normalized spacial score (nSPS) is 21.1. The summed E-state index contributed by atoms with van der Waals surface area (Å²) in [6.07, 6.45) is 0. The molecule has 2 atom stereocenters. The van der Waals surface area contributed by atoms with Gasteiger partial charge in [-0.1, -0.05) is 52.0 Å². The van der Waals surface area contributed by atoms with Crippen LogP contribution in [0, 0.1) is 0 Å². The molecular formula is C31H32N2O8S2. The van der Waals surface area contributed by atoms with Gasteiger partial charge in [-0.15, -0.1) is 0 Å². The molecule has 3 aliphatic heterocycles. The Labute approximate surface area is 250 Å². The van der Waals surface area contributed by atoms with E-state index >= 15 is 0 Å². The van der Waals surface area contributed by atoms with Gasteiger partial charge in [-0.25, -0.2) is 0 Å². The summed E-state index contributed by atoms with van der Waals surface area (Å²) in [7, 11) is -9.90. The molecule has 0 aliphatic carbocycles. The Balaban J connectivity index is 1.88. The Morgan fingerprint density at radius 2 is 1.49 bits per heavy atom. The maximum Gasteiger partial charge on any atom is 0.300 e. The Morgan fingerprint density at radius 3 is 2.05 bits per heavy atom. The van der Waals surface area contributed by atoms with Crippen molar-refractivity contribution in [1.29, 1.82) is 0 Å². The van der Waals surface area contributed by atoms with Gasteiger partial charge in [0.05, 0.1) is 17.1 Å². The van der Waals surface area contributed by atoms with Crippen LogP contribution in [0.15, 0.2) is 51.2 Å². The van der Waals surface area contributed by atoms with Crippen LogP contribution in [0.5, 0.6) is 11.5 Å². The second-order valence-electron chi connectivity index (χ2n) is 12.7. The van der Waals surface area contributed by atoms with Crippen LogP contribution in [0.25, 0.3) is 5.57 Å². The summed E-state index contributed by atoms with van der Waals surface area (Å²) >= 11 is 0. The highest BCUT2D eigenvalue weighted by Crippen LogP contribution is 2.52. The molecule has 3 aliphatic rings. The van der Waals surface area contributed by atoms with Crippen molar-refractivity contribution in [3.05, 3.63) is 74.8 Å². The molecule has 0 saturated carbocycles. The van der Waals surface area contributed by atoms with Gasteiger partial charge in [0.25, 0.3) is 20.2 Å². The van der Waals surface area contributed by atoms with Crippen molar-refractivity contribution in [2.45, 2.75) is 81.2 Å². The van der Waals surface area contributed by atoms with E-state index in [1.54, 1.807) is 36.4 Å². The maximum atomic E-state index is 13.1. The van der Waals surface area contributed by atoms with E-state index in [1.807, 2.05) is 41.5 Å². The fourth-order valence-corrected chi connectivity index (χ4v) is 7.85. The highest BCUT2D eigenvalue weighted by molar-refractivity contribution is 7.86. The summed E-state index contributed by atoms with van der Waals surface area (Å²) in [5, 5.41) is 3.50. The minimum atomic E-state index is -4.96. The van der Waals surface area contributed by atoms with Gasteiger partial charge < -0.3 is 10.1 Å². The first-order valence-corrected chi connectivity index (χ1v) is 16.7. The molecule has 0 aromatic heterocycles. The van der Waals surface area contributed by atoms with Crippen molar-refractivity contribution in [1.82, 2.24) is 0 Å². The largest absolute Gasteiger partial charge is 0.453 e. The lowest BCUT2D eigenvalue weighted by Gasteiger charge is -2.29. The molecule has 3 heterocycles. The number of hydrogen-bond donors (Lipinski definition) is 3. The van der Waals surface area contributed by atoms with Crippen LogP contribution >= 0.6 is 0 Å².